The van der Waals surface area contributed by atoms with Crippen LogP contribution in [0.5, 0.6) is 0 Å². The van der Waals surface area contributed by atoms with Crippen molar-refractivity contribution in [1.29, 1.82) is 0 Å². The summed E-state index contributed by atoms with van der Waals surface area (Å²) in [5.74, 6) is -5.79. The van der Waals surface area contributed by atoms with Crippen molar-refractivity contribution >= 4 is 29.7 Å². The molecule has 0 heterocycles. The highest BCUT2D eigenvalue weighted by atomic mass is 19.1. The van der Waals surface area contributed by atoms with Crippen LogP contribution in [0.15, 0.2) is 30.3 Å². The van der Waals surface area contributed by atoms with Gasteiger partial charge < -0.3 is 25.8 Å². The number of hydrogen-bond acceptors (Lipinski definition) is 6. The van der Waals surface area contributed by atoms with Gasteiger partial charge in [-0.15, -0.1) is 0 Å². The third kappa shape index (κ3) is 8.87. The lowest BCUT2D eigenvalue weighted by atomic mass is 9.98. The number of Topliss-reactive ketones (excluding diaryl/α,β-unsaturated/α-hetero) is 1. The van der Waals surface area contributed by atoms with E-state index in [2.05, 4.69) is 16.0 Å². The zero-order valence-electron chi connectivity index (χ0n) is 19.0. The number of nitrogens with one attached hydrogen (secondary N) is 3. The molecule has 4 unspecified atom stereocenters. The molecule has 0 aliphatic heterocycles. The molecule has 0 spiro atoms. The van der Waals surface area contributed by atoms with Crippen molar-refractivity contribution in [2.75, 3.05) is 6.67 Å². The Kier molecular flexibility index (Phi) is 11.0. The number of alkyl halides is 1. The number of halogens is 1. The molecule has 0 aromatic heterocycles. The number of ketones is 1. The van der Waals surface area contributed by atoms with Crippen LogP contribution in [0.4, 0.5) is 9.18 Å². The molecule has 0 aliphatic rings. The standard InChI is InChI=1S/C22H30FN3O7/c1-12(2)17(26-22(32)33-11-15-8-6-5-7-9-15)20(29)24-14(4)19(28)25-18(16(27)10-23)13(3)21(30)31/h5-9,12-14,17-18H,10-11H2,1-4H3,(H,24,29)(H,25,28)(H,26,32)(H,30,31). The summed E-state index contributed by atoms with van der Waals surface area (Å²) in [5, 5.41) is 16.1. The van der Waals surface area contributed by atoms with Gasteiger partial charge in [-0.3, -0.25) is 19.2 Å². The van der Waals surface area contributed by atoms with Crippen LogP contribution < -0.4 is 16.0 Å². The van der Waals surface area contributed by atoms with Gasteiger partial charge in [0.2, 0.25) is 11.8 Å². The van der Waals surface area contributed by atoms with E-state index in [1.54, 1.807) is 38.1 Å². The lowest BCUT2D eigenvalue weighted by Gasteiger charge is -2.25. The maximum Gasteiger partial charge on any atom is 0.408 e. The molecule has 0 aliphatic carbocycles. The van der Waals surface area contributed by atoms with Crippen molar-refractivity contribution in [3.63, 3.8) is 0 Å². The van der Waals surface area contributed by atoms with Crippen LogP contribution in [0.1, 0.15) is 33.3 Å². The topological polar surface area (TPSA) is 151 Å². The lowest BCUT2D eigenvalue weighted by Crippen LogP contribution is -2.57. The fourth-order valence-electron chi connectivity index (χ4n) is 2.78. The van der Waals surface area contributed by atoms with Crippen LogP contribution in [0.25, 0.3) is 0 Å². The number of amides is 3. The average molecular weight is 467 g/mol. The highest BCUT2D eigenvalue weighted by Gasteiger charge is 2.33. The number of carbonyl (C=O) groups is 5. The largest absolute Gasteiger partial charge is 0.481 e. The normalized spacial score (nSPS) is 14.4. The Morgan fingerprint density at radius 2 is 1.52 bits per heavy atom. The minimum atomic E-state index is -1.59. The molecule has 0 saturated carbocycles. The predicted octanol–water partition coefficient (Wildman–Crippen LogP) is 1.19. The zero-order valence-corrected chi connectivity index (χ0v) is 19.0. The van der Waals surface area contributed by atoms with Crippen molar-refractivity contribution in [3.8, 4) is 0 Å². The Labute approximate surface area is 191 Å². The van der Waals surface area contributed by atoms with Gasteiger partial charge >= 0.3 is 12.1 Å². The number of carboxylic acid groups (broad SMARTS) is 1. The molecule has 4 N–H and O–H groups in total. The first-order valence-corrected chi connectivity index (χ1v) is 10.4. The SMILES string of the molecule is CC(NC(=O)C(NC(=O)OCc1ccccc1)C(C)C)C(=O)NC(C(=O)CF)C(C)C(=O)O. The summed E-state index contributed by atoms with van der Waals surface area (Å²) >= 11 is 0. The Bertz CT molecular complexity index is 848. The molecule has 10 nitrogen and oxygen atoms in total. The molecule has 0 radical (unpaired) electrons. The summed E-state index contributed by atoms with van der Waals surface area (Å²) in [7, 11) is 0. The van der Waals surface area contributed by atoms with E-state index in [-0.39, 0.29) is 12.5 Å². The summed E-state index contributed by atoms with van der Waals surface area (Å²) in [5.41, 5.74) is 0.761. The monoisotopic (exact) mass is 467 g/mol. The van der Waals surface area contributed by atoms with Gasteiger partial charge in [0.25, 0.3) is 0 Å². The number of alkyl carbamates (subject to hydrolysis) is 1. The molecular weight excluding hydrogens is 437 g/mol. The second-order valence-electron chi connectivity index (χ2n) is 7.87. The minimum Gasteiger partial charge on any atom is -0.481 e. The Balaban J connectivity index is 2.72. The van der Waals surface area contributed by atoms with Crippen LogP contribution in [-0.2, 0) is 30.5 Å². The van der Waals surface area contributed by atoms with E-state index in [0.717, 1.165) is 12.5 Å². The van der Waals surface area contributed by atoms with Crippen molar-refractivity contribution in [2.45, 2.75) is 52.4 Å². The van der Waals surface area contributed by atoms with Gasteiger partial charge in [-0.25, -0.2) is 9.18 Å². The number of benzene rings is 1. The summed E-state index contributed by atoms with van der Waals surface area (Å²) in [6.45, 7) is 4.37. The van der Waals surface area contributed by atoms with Crippen molar-refractivity contribution in [1.82, 2.24) is 16.0 Å². The fraction of sp³-hybridized carbons (Fsp3) is 0.500. The number of ether oxygens (including phenoxy) is 1. The van der Waals surface area contributed by atoms with Crippen molar-refractivity contribution in [3.05, 3.63) is 35.9 Å². The maximum absolute atomic E-state index is 12.8. The van der Waals surface area contributed by atoms with Crippen LogP contribution in [0, 0.1) is 11.8 Å². The number of carbonyl (C=O) groups excluding carboxylic acids is 4. The van der Waals surface area contributed by atoms with E-state index in [4.69, 9.17) is 9.84 Å². The molecule has 182 valence electrons. The summed E-state index contributed by atoms with van der Waals surface area (Å²) in [6, 6.07) is 5.11. The fourth-order valence-corrected chi connectivity index (χ4v) is 2.78. The second kappa shape index (κ2) is 13.1. The molecule has 1 rings (SSSR count). The van der Waals surface area contributed by atoms with Gasteiger partial charge in [-0.05, 0) is 25.3 Å². The van der Waals surface area contributed by atoms with E-state index in [1.165, 1.54) is 6.92 Å². The molecule has 11 heteroatoms. The van der Waals surface area contributed by atoms with Crippen LogP contribution >= 0.6 is 0 Å². The number of hydrogen-bond donors (Lipinski definition) is 4. The molecule has 0 bridgehead atoms. The molecule has 33 heavy (non-hydrogen) atoms. The summed E-state index contributed by atoms with van der Waals surface area (Å²) in [6.07, 6.45) is -0.825. The van der Waals surface area contributed by atoms with E-state index >= 15 is 0 Å². The number of aliphatic carboxylic acids is 1. The molecule has 3 amide bonds. The molecular formula is C22H30FN3O7. The second-order valence-corrected chi connectivity index (χ2v) is 7.87. The molecule has 4 atom stereocenters. The summed E-state index contributed by atoms with van der Waals surface area (Å²) in [4.78, 5) is 60.0. The number of carboxylic acids is 1. The molecule has 0 fully saturated rings. The minimum absolute atomic E-state index is 0.00364. The predicted molar refractivity (Wildman–Crippen MR) is 116 cm³/mol. The van der Waals surface area contributed by atoms with E-state index < -0.39 is 60.4 Å². The molecule has 1 aromatic rings. The van der Waals surface area contributed by atoms with Gasteiger partial charge in [0.1, 0.15) is 31.4 Å². The van der Waals surface area contributed by atoms with Crippen LogP contribution in [-0.4, -0.2) is 59.6 Å². The summed E-state index contributed by atoms with van der Waals surface area (Å²) < 4.78 is 17.9. The zero-order chi connectivity index (χ0) is 25.1. The number of rotatable bonds is 12. The van der Waals surface area contributed by atoms with Gasteiger partial charge in [-0.2, -0.15) is 0 Å². The molecule has 1 aromatic carbocycles. The maximum atomic E-state index is 12.8. The van der Waals surface area contributed by atoms with Gasteiger partial charge in [0, 0.05) is 0 Å². The van der Waals surface area contributed by atoms with E-state index in [0.29, 0.717) is 0 Å². The quantitative estimate of drug-likeness (QED) is 0.360. The highest BCUT2D eigenvalue weighted by molar-refractivity contribution is 5.96. The van der Waals surface area contributed by atoms with Crippen LogP contribution in [0.2, 0.25) is 0 Å². The van der Waals surface area contributed by atoms with Crippen LogP contribution in [0.3, 0.4) is 0 Å². The van der Waals surface area contributed by atoms with Crippen molar-refractivity contribution < 1.29 is 38.2 Å². The average Bonchev–Trinajstić information content (AvgIpc) is 2.78. The lowest BCUT2D eigenvalue weighted by molar-refractivity contribution is -0.145. The Hall–Kier alpha value is -3.50. The third-order valence-corrected chi connectivity index (χ3v) is 4.85. The Morgan fingerprint density at radius 3 is 2.03 bits per heavy atom. The Morgan fingerprint density at radius 1 is 0.909 bits per heavy atom. The smallest absolute Gasteiger partial charge is 0.408 e. The van der Waals surface area contributed by atoms with E-state index in [1.807, 2.05) is 6.07 Å². The highest BCUT2D eigenvalue weighted by Crippen LogP contribution is 2.08. The third-order valence-electron chi connectivity index (χ3n) is 4.85. The van der Waals surface area contributed by atoms with Crippen molar-refractivity contribution in [2.24, 2.45) is 11.8 Å². The first-order valence-electron chi connectivity index (χ1n) is 10.4. The first-order chi connectivity index (χ1) is 15.5. The van der Waals surface area contributed by atoms with E-state index in [9.17, 15) is 28.4 Å². The van der Waals surface area contributed by atoms with Gasteiger partial charge in [0.05, 0.1) is 5.92 Å². The first kappa shape index (κ1) is 27.5. The molecule has 0 saturated heterocycles. The van der Waals surface area contributed by atoms with Gasteiger partial charge in [0.15, 0.2) is 5.78 Å². The van der Waals surface area contributed by atoms with Gasteiger partial charge in [-0.1, -0.05) is 44.2 Å².